The molecule has 2 aromatic carbocycles. The Kier molecular flexibility index (Phi) is 8.83. The maximum Gasteiger partial charge on any atom is 0.410 e. The molecule has 2 amide bonds. The Labute approximate surface area is 257 Å². The number of benzene rings is 2. The zero-order valence-corrected chi connectivity index (χ0v) is 26.3. The minimum atomic E-state index is -0.618. The number of nitrogens with one attached hydrogen (secondary N) is 1. The number of piperazine rings is 1. The Morgan fingerprint density at radius 3 is 2.41 bits per heavy atom. The fraction of sp³-hybridized carbons (Fsp3) is 0.500. The number of nitrogens with zero attached hydrogens (tertiary/aromatic N) is 5. The number of carbonyl (C=O) groups is 2. The van der Waals surface area contributed by atoms with Crippen molar-refractivity contribution in [2.24, 2.45) is 0 Å². The SMILES string of the molecule is C[C@H]1CN(C(=O)OC(C)(C)C)C[C@H](C)N1c1nc(OC[C@@H]2CCCN2C)nc(C(=O)Nc2cccc3cccc(F)c23)c1N. The number of amides is 2. The number of likely N-dealkylation sites (tertiary alicyclic amines) is 1. The van der Waals surface area contributed by atoms with Crippen LogP contribution in [0.15, 0.2) is 36.4 Å². The highest BCUT2D eigenvalue weighted by Gasteiger charge is 2.37. The van der Waals surface area contributed by atoms with E-state index in [-0.39, 0.29) is 40.9 Å². The third kappa shape index (κ3) is 6.64. The molecule has 0 aliphatic carbocycles. The number of ether oxygens (including phenoxy) is 2. The predicted molar refractivity (Wildman–Crippen MR) is 169 cm³/mol. The van der Waals surface area contributed by atoms with Crippen molar-refractivity contribution in [3.8, 4) is 6.01 Å². The molecule has 0 radical (unpaired) electrons. The summed E-state index contributed by atoms with van der Waals surface area (Å²) in [6.45, 7) is 11.5. The Morgan fingerprint density at radius 1 is 1.09 bits per heavy atom. The van der Waals surface area contributed by atoms with Crippen LogP contribution in [0.1, 0.15) is 57.9 Å². The van der Waals surface area contributed by atoms with Crippen LogP contribution in [0.2, 0.25) is 0 Å². The molecule has 236 valence electrons. The van der Waals surface area contributed by atoms with Gasteiger partial charge in [0.05, 0.1) is 5.69 Å². The largest absolute Gasteiger partial charge is 0.462 e. The number of rotatable bonds is 6. The van der Waals surface area contributed by atoms with Crippen LogP contribution in [0.4, 0.5) is 26.4 Å². The second-order valence-electron chi connectivity index (χ2n) is 12.8. The van der Waals surface area contributed by atoms with Gasteiger partial charge >= 0.3 is 12.1 Å². The lowest BCUT2D eigenvalue weighted by Gasteiger charge is -2.45. The number of aromatic nitrogens is 2. The van der Waals surface area contributed by atoms with Crippen molar-refractivity contribution in [1.82, 2.24) is 19.8 Å². The fourth-order valence-electron chi connectivity index (χ4n) is 6.03. The van der Waals surface area contributed by atoms with Crippen molar-refractivity contribution >= 4 is 40.0 Å². The van der Waals surface area contributed by atoms with Gasteiger partial charge in [0, 0.05) is 36.6 Å². The standard InChI is InChI=1S/C32H42FN7O4/c1-19-16-39(31(42)44-32(3,4)5)17-20(2)40(19)28-26(34)27(36-30(37-28)43-18-22-12-9-15-38(22)6)29(41)35-24-14-8-11-21-10-7-13-23(33)25(21)24/h7-8,10-11,13-14,19-20,22H,9,12,15-18,34H2,1-6H3,(H,35,41)/t19-,20-,22-/m0/s1. The topological polar surface area (TPSA) is 126 Å². The van der Waals surface area contributed by atoms with E-state index in [9.17, 15) is 14.0 Å². The molecule has 5 rings (SSSR count). The van der Waals surface area contributed by atoms with Gasteiger partial charge in [0.15, 0.2) is 11.5 Å². The summed E-state index contributed by atoms with van der Waals surface area (Å²) in [4.78, 5) is 41.7. The van der Waals surface area contributed by atoms with Crippen molar-refractivity contribution < 1.29 is 23.5 Å². The molecule has 3 N–H and O–H groups in total. The number of hydrogen-bond acceptors (Lipinski definition) is 9. The quantitative estimate of drug-likeness (QED) is 0.402. The number of nitrogen functional groups attached to an aromatic ring is 1. The van der Waals surface area contributed by atoms with E-state index >= 15 is 0 Å². The van der Waals surface area contributed by atoms with Gasteiger partial charge in [-0.25, -0.2) is 9.18 Å². The molecular weight excluding hydrogens is 565 g/mol. The molecule has 0 unspecified atom stereocenters. The summed E-state index contributed by atoms with van der Waals surface area (Å²) >= 11 is 0. The van der Waals surface area contributed by atoms with Crippen LogP contribution >= 0.6 is 0 Å². The zero-order valence-electron chi connectivity index (χ0n) is 26.3. The average Bonchev–Trinajstić information content (AvgIpc) is 3.36. The van der Waals surface area contributed by atoms with Gasteiger partial charge in [-0.2, -0.15) is 9.97 Å². The van der Waals surface area contributed by atoms with Gasteiger partial charge in [-0.15, -0.1) is 0 Å². The monoisotopic (exact) mass is 607 g/mol. The van der Waals surface area contributed by atoms with Crippen molar-refractivity contribution in [3.63, 3.8) is 0 Å². The number of likely N-dealkylation sites (N-methyl/N-ethyl adjacent to an activating group) is 1. The molecule has 3 atom stereocenters. The highest BCUT2D eigenvalue weighted by Crippen LogP contribution is 2.33. The number of carbonyl (C=O) groups excluding carboxylic acids is 2. The number of hydrogen-bond donors (Lipinski definition) is 2. The van der Waals surface area contributed by atoms with Crippen LogP contribution < -0.4 is 20.7 Å². The van der Waals surface area contributed by atoms with Crippen LogP contribution in [0.5, 0.6) is 6.01 Å². The lowest BCUT2D eigenvalue weighted by atomic mass is 10.1. The van der Waals surface area contributed by atoms with E-state index in [1.807, 2.05) is 46.6 Å². The molecule has 3 aromatic rings. The predicted octanol–water partition coefficient (Wildman–Crippen LogP) is 4.91. The number of fused-ring (bicyclic) bond motifs is 1. The minimum Gasteiger partial charge on any atom is -0.462 e. The summed E-state index contributed by atoms with van der Waals surface area (Å²) in [7, 11) is 2.05. The van der Waals surface area contributed by atoms with Crippen LogP contribution in [0.3, 0.4) is 0 Å². The molecule has 3 heterocycles. The Morgan fingerprint density at radius 2 is 1.77 bits per heavy atom. The Balaban J connectivity index is 1.48. The third-order valence-electron chi connectivity index (χ3n) is 8.11. The van der Waals surface area contributed by atoms with E-state index in [0.717, 1.165) is 19.4 Å². The summed E-state index contributed by atoms with van der Waals surface area (Å²) in [6.07, 6.45) is 1.67. The number of halogens is 1. The highest BCUT2D eigenvalue weighted by molar-refractivity contribution is 6.11. The van der Waals surface area contributed by atoms with Gasteiger partial charge in [0.1, 0.15) is 23.7 Å². The summed E-state index contributed by atoms with van der Waals surface area (Å²) < 4.78 is 26.5. The van der Waals surface area contributed by atoms with E-state index < -0.39 is 23.4 Å². The van der Waals surface area contributed by atoms with E-state index in [1.165, 1.54) is 6.07 Å². The summed E-state index contributed by atoms with van der Waals surface area (Å²) in [5.74, 6) is -0.727. The summed E-state index contributed by atoms with van der Waals surface area (Å²) in [5.41, 5.74) is 6.32. The van der Waals surface area contributed by atoms with Gasteiger partial charge in [-0.05, 0) is 78.6 Å². The van der Waals surface area contributed by atoms with Gasteiger partial charge in [0.2, 0.25) is 0 Å². The highest BCUT2D eigenvalue weighted by atomic mass is 19.1. The molecule has 2 aliphatic rings. The van der Waals surface area contributed by atoms with Crippen molar-refractivity contribution in [1.29, 1.82) is 0 Å². The van der Waals surface area contributed by atoms with E-state index in [1.54, 1.807) is 35.2 Å². The van der Waals surface area contributed by atoms with Crippen molar-refractivity contribution in [2.75, 3.05) is 49.2 Å². The average molecular weight is 608 g/mol. The molecule has 12 heteroatoms. The summed E-state index contributed by atoms with van der Waals surface area (Å²) in [5, 5.41) is 3.75. The van der Waals surface area contributed by atoms with Gasteiger partial charge < -0.3 is 35.2 Å². The van der Waals surface area contributed by atoms with Gasteiger partial charge in [0.25, 0.3) is 5.91 Å². The minimum absolute atomic E-state index is 0.0257. The van der Waals surface area contributed by atoms with E-state index in [2.05, 4.69) is 15.2 Å². The molecule has 0 bridgehead atoms. The number of nitrogens with two attached hydrogens (primary N) is 1. The maximum atomic E-state index is 14.8. The van der Waals surface area contributed by atoms with Crippen molar-refractivity contribution in [2.45, 2.75) is 71.2 Å². The molecule has 2 aliphatic heterocycles. The molecule has 2 fully saturated rings. The van der Waals surface area contributed by atoms with Gasteiger partial charge in [-0.3, -0.25) is 4.79 Å². The van der Waals surface area contributed by atoms with Crippen molar-refractivity contribution in [3.05, 3.63) is 47.9 Å². The first kappa shape index (κ1) is 31.2. The molecular formula is C32H42FN7O4. The zero-order chi connectivity index (χ0) is 31.8. The van der Waals surface area contributed by atoms with Crippen LogP contribution in [0, 0.1) is 5.82 Å². The van der Waals surface area contributed by atoms with Crippen LogP contribution in [0.25, 0.3) is 10.8 Å². The van der Waals surface area contributed by atoms with Gasteiger partial charge in [-0.1, -0.05) is 24.3 Å². The lowest BCUT2D eigenvalue weighted by molar-refractivity contribution is 0.0192. The molecule has 2 saturated heterocycles. The first-order valence-electron chi connectivity index (χ1n) is 15.1. The second-order valence-corrected chi connectivity index (χ2v) is 12.8. The maximum absolute atomic E-state index is 14.8. The normalized spacial score (nSPS) is 21.0. The molecule has 1 aromatic heterocycles. The Hall–Kier alpha value is -4.19. The second kappa shape index (κ2) is 12.4. The van der Waals surface area contributed by atoms with E-state index in [0.29, 0.717) is 36.6 Å². The first-order valence-corrected chi connectivity index (χ1v) is 15.1. The summed E-state index contributed by atoms with van der Waals surface area (Å²) in [6, 6.07) is 9.67. The first-order chi connectivity index (χ1) is 20.8. The lowest BCUT2D eigenvalue weighted by Crippen LogP contribution is -2.59. The Bertz CT molecular complexity index is 1530. The third-order valence-corrected chi connectivity index (χ3v) is 8.11. The van der Waals surface area contributed by atoms with Crippen LogP contribution in [-0.4, -0.2) is 88.8 Å². The fourth-order valence-corrected chi connectivity index (χ4v) is 6.03. The number of anilines is 3. The molecule has 44 heavy (non-hydrogen) atoms. The molecule has 0 spiro atoms. The van der Waals surface area contributed by atoms with E-state index in [4.69, 9.17) is 20.2 Å². The molecule has 11 nitrogen and oxygen atoms in total. The van der Waals surface area contributed by atoms with Crippen LogP contribution in [-0.2, 0) is 4.74 Å². The smallest absolute Gasteiger partial charge is 0.410 e. The molecule has 0 saturated carbocycles.